The smallest absolute Gasteiger partial charge is 0.308 e. The van der Waals surface area contributed by atoms with Crippen LogP contribution in [0, 0.1) is 0 Å². The lowest BCUT2D eigenvalue weighted by Crippen LogP contribution is -2.27. The van der Waals surface area contributed by atoms with Gasteiger partial charge in [0, 0.05) is 41.2 Å². The summed E-state index contributed by atoms with van der Waals surface area (Å²) in [6, 6.07) is 13.5. The summed E-state index contributed by atoms with van der Waals surface area (Å²) in [5.41, 5.74) is 2.66. The van der Waals surface area contributed by atoms with Crippen LogP contribution in [-0.2, 0) is 14.3 Å². The molecule has 1 aliphatic heterocycles. The van der Waals surface area contributed by atoms with Crippen molar-refractivity contribution in [2.45, 2.75) is 13.3 Å². The Morgan fingerprint density at radius 1 is 1.06 bits per heavy atom. The highest BCUT2D eigenvalue weighted by molar-refractivity contribution is 6.08. The third-order valence-electron chi connectivity index (χ3n) is 4.69. The van der Waals surface area contributed by atoms with Gasteiger partial charge in [0.1, 0.15) is 0 Å². The number of ether oxygens (including phenoxy) is 1. The van der Waals surface area contributed by atoms with E-state index in [0.717, 1.165) is 5.56 Å². The second kappa shape index (κ2) is 9.71. The van der Waals surface area contributed by atoms with E-state index in [0.29, 0.717) is 29.1 Å². The highest BCUT2D eigenvalue weighted by Gasteiger charge is 2.30. The number of carbonyl (C=O) groups excluding carboxylic acids is 4. The molecule has 1 aliphatic rings. The molecule has 0 bridgehead atoms. The molecule has 8 nitrogen and oxygen atoms in total. The van der Waals surface area contributed by atoms with Gasteiger partial charge in [0.05, 0.1) is 6.42 Å². The zero-order valence-electron chi connectivity index (χ0n) is 17.1. The first kappa shape index (κ1) is 21.8. The molecule has 0 aliphatic carbocycles. The summed E-state index contributed by atoms with van der Waals surface area (Å²) < 4.78 is 5.00. The van der Waals surface area contributed by atoms with Crippen molar-refractivity contribution < 1.29 is 23.9 Å². The van der Waals surface area contributed by atoms with Crippen LogP contribution in [0.5, 0.6) is 0 Å². The number of nitrogens with zero attached hydrogens (tertiary/aromatic N) is 1. The van der Waals surface area contributed by atoms with E-state index in [2.05, 4.69) is 17.2 Å². The molecule has 3 amide bonds. The zero-order chi connectivity index (χ0) is 22.4. The van der Waals surface area contributed by atoms with Gasteiger partial charge >= 0.3 is 5.97 Å². The second-order valence-electron chi connectivity index (χ2n) is 6.85. The largest absolute Gasteiger partial charge is 0.456 e. The van der Waals surface area contributed by atoms with Gasteiger partial charge in [-0.25, -0.2) is 0 Å². The number of nitrogens with one attached hydrogen (secondary N) is 2. The lowest BCUT2D eigenvalue weighted by molar-refractivity contribution is -0.147. The van der Waals surface area contributed by atoms with E-state index in [1.165, 1.54) is 11.0 Å². The first-order valence-electron chi connectivity index (χ1n) is 9.84. The third kappa shape index (κ3) is 5.16. The van der Waals surface area contributed by atoms with Crippen molar-refractivity contribution in [1.29, 1.82) is 0 Å². The monoisotopic (exact) mass is 421 g/mol. The molecule has 0 unspecified atom stereocenters. The van der Waals surface area contributed by atoms with Crippen LogP contribution < -0.4 is 10.6 Å². The average Bonchev–Trinajstić information content (AvgIpc) is 3.01. The Kier molecular flexibility index (Phi) is 6.81. The lowest BCUT2D eigenvalue weighted by Gasteiger charge is -2.16. The number of hydrogen-bond acceptors (Lipinski definition) is 5. The maximum atomic E-state index is 12.4. The third-order valence-corrected chi connectivity index (χ3v) is 4.69. The van der Waals surface area contributed by atoms with E-state index < -0.39 is 18.5 Å². The summed E-state index contributed by atoms with van der Waals surface area (Å²) in [4.78, 5) is 49.8. The average molecular weight is 421 g/mol. The molecule has 0 saturated heterocycles. The minimum Gasteiger partial charge on any atom is -0.456 e. The maximum Gasteiger partial charge on any atom is 0.308 e. The minimum absolute atomic E-state index is 0.0707. The van der Waals surface area contributed by atoms with Crippen LogP contribution in [0.1, 0.15) is 39.6 Å². The molecule has 2 N–H and O–H groups in total. The molecule has 31 heavy (non-hydrogen) atoms. The standard InChI is InChI=1S/C23H23N3O5/c1-3-24-22(29)16-7-6-8-17(13-16)25-20(27)14-31-21(28)11-12-26-15(2)18-9-4-5-10-19(18)23(26)30/h4-10,13H,2-3,11-12,14H2,1H3,(H,24,29)(H,25,27). The normalized spacial score (nSPS) is 12.4. The molecule has 0 aromatic heterocycles. The van der Waals surface area contributed by atoms with Crippen molar-refractivity contribution in [3.8, 4) is 0 Å². The summed E-state index contributed by atoms with van der Waals surface area (Å²) in [5, 5.41) is 5.26. The van der Waals surface area contributed by atoms with Gasteiger partial charge in [-0.3, -0.25) is 19.2 Å². The van der Waals surface area contributed by atoms with Gasteiger partial charge in [-0.2, -0.15) is 0 Å². The van der Waals surface area contributed by atoms with Crippen LogP contribution >= 0.6 is 0 Å². The summed E-state index contributed by atoms with van der Waals surface area (Å²) >= 11 is 0. The van der Waals surface area contributed by atoms with Gasteiger partial charge < -0.3 is 20.3 Å². The Bertz CT molecular complexity index is 1010. The Morgan fingerprint density at radius 2 is 1.81 bits per heavy atom. The second-order valence-corrected chi connectivity index (χ2v) is 6.85. The van der Waals surface area contributed by atoms with Crippen LogP contribution in [0.25, 0.3) is 5.70 Å². The fraction of sp³-hybridized carbons (Fsp3) is 0.217. The maximum absolute atomic E-state index is 12.4. The number of rotatable bonds is 8. The highest BCUT2D eigenvalue weighted by atomic mass is 16.5. The predicted molar refractivity (Wildman–Crippen MR) is 115 cm³/mol. The Labute approximate surface area is 179 Å². The Hall–Kier alpha value is -3.94. The molecule has 2 aromatic carbocycles. The van der Waals surface area contributed by atoms with E-state index >= 15 is 0 Å². The molecular formula is C23H23N3O5. The number of amides is 3. The molecule has 0 radical (unpaired) electrons. The van der Waals surface area contributed by atoms with Gasteiger partial charge in [0.25, 0.3) is 17.7 Å². The number of fused-ring (bicyclic) bond motifs is 1. The molecule has 2 aromatic rings. The molecule has 8 heteroatoms. The van der Waals surface area contributed by atoms with E-state index in [1.54, 1.807) is 36.4 Å². The molecule has 0 saturated carbocycles. The van der Waals surface area contributed by atoms with Gasteiger partial charge in [0.15, 0.2) is 6.61 Å². The number of benzene rings is 2. The van der Waals surface area contributed by atoms with Gasteiger partial charge in [0.2, 0.25) is 0 Å². The molecule has 3 rings (SSSR count). The van der Waals surface area contributed by atoms with E-state index in [-0.39, 0.29) is 24.8 Å². The molecule has 0 fully saturated rings. The summed E-state index contributed by atoms with van der Waals surface area (Å²) in [5.74, 6) is -1.60. The lowest BCUT2D eigenvalue weighted by atomic mass is 10.1. The van der Waals surface area contributed by atoms with Crippen molar-refractivity contribution in [1.82, 2.24) is 10.2 Å². The number of esters is 1. The van der Waals surface area contributed by atoms with E-state index in [9.17, 15) is 19.2 Å². The summed E-state index contributed by atoms with van der Waals surface area (Å²) in [6.07, 6.45) is -0.0707. The minimum atomic E-state index is -0.609. The topological polar surface area (TPSA) is 105 Å². The van der Waals surface area contributed by atoms with Crippen LogP contribution in [-0.4, -0.2) is 48.3 Å². The van der Waals surface area contributed by atoms with Crippen molar-refractivity contribution in [3.05, 3.63) is 71.8 Å². The molecule has 0 atom stereocenters. The molecular weight excluding hydrogens is 398 g/mol. The number of carbonyl (C=O) groups is 4. The predicted octanol–water partition coefficient (Wildman–Crippen LogP) is 2.43. The van der Waals surface area contributed by atoms with Gasteiger partial charge in [-0.05, 0) is 31.2 Å². The zero-order valence-corrected chi connectivity index (χ0v) is 17.1. The summed E-state index contributed by atoms with van der Waals surface area (Å²) in [6.45, 7) is 5.86. The number of hydrogen-bond donors (Lipinski definition) is 2. The quantitative estimate of drug-likeness (QED) is 0.637. The highest BCUT2D eigenvalue weighted by Crippen LogP contribution is 2.31. The Balaban J connectivity index is 1.46. The van der Waals surface area contributed by atoms with Crippen LogP contribution in [0.15, 0.2) is 55.1 Å². The molecule has 160 valence electrons. The van der Waals surface area contributed by atoms with Gasteiger partial charge in [-0.1, -0.05) is 30.8 Å². The van der Waals surface area contributed by atoms with Crippen LogP contribution in [0.4, 0.5) is 5.69 Å². The molecule has 1 heterocycles. The fourth-order valence-corrected chi connectivity index (χ4v) is 3.19. The van der Waals surface area contributed by atoms with Crippen LogP contribution in [0.3, 0.4) is 0 Å². The van der Waals surface area contributed by atoms with Crippen LogP contribution in [0.2, 0.25) is 0 Å². The first-order valence-corrected chi connectivity index (χ1v) is 9.84. The molecule has 0 spiro atoms. The SMILES string of the molecule is C=C1c2ccccc2C(=O)N1CCC(=O)OCC(=O)Nc1cccc(C(=O)NCC)c1. The van der Waals surface area contributed by atoms with E-state index in [1.807, 2.05) is 13.0 Å². The van der Waals surface area contributed by atoms with Crippen molar-refractivity contribution >= 4 is 35.1 Å². The van der Waals surface area contributed by atoms with Gasteiger partial charge in [-0.15, -0.1) is 0 Å². The van der Waals surface area contributed by atoms with Crippen molar-refractivity contribution in [3.63, 3.8) is 0 Å². The number of anilines is 1. The fourth-order valence-electron chi connectivity index (χ4n) is 3.19. The Morgan fingerprint density at radius 3 is 2.52 bits per heavy atom. The van der Waals surface area contributed by atoms with Crippen molar-refractivity contribution in [2.75, 3.05) is 25.0 Å². The first-order chi connectivity index (χ1) is 14.9. The van der Waals surface area contributed by atoms with E-state index in [4.69, 9.17) is 4.74 Å². The van der Waals surface area contributed by atoms with Crippen molar-refractivity contribution in [2.24, 2.45) is 0 Å². The summed E-state index contributed by atoms with van der Waals surface area (Å²) in [7, 11) is 0.